The van der Waals surface area contributed by atoms with Gasteiger partial charge in [0.2, 0.25) is 15.9 Å². The van der Waals surface area contributed by atoms with E-state index >= 15 is 0 Å². The Hall–Kier alpha value is -2.29. The fraction of sp³-hybridized carbons (Fsp3) is 0.381. The van der Waals surface area contributed by atoms with Gasteiger partial charge in [-0.1, -0.05) is 32.0 Å². The van der Waals surface area contributed by atoms with E-state index in [1.54, 1.807) is 25.1 Å². The van der Waals surface area contributed by atoms with E-state index in [9.17, 15) is 17.6 Å². The number of halogens is 1. The summed E-state index contributed by atoms with van der Waals surface area (Å²) in [6.45, 7) is 5.85. The van der Waals surface area contributed by atoms with Gasteiger partial charge in [0.05, 0.1) is 11.4 Å². The summed E-state index contributed by atoms with van der Waals surface area (Å²) in [5, 5.41) is 5.97. The molecular formula is C21H28FN3O3S. The van der Waals surface area contributed by atoms with Gasteiger partial charge in [0, 0.05) is 25.8 Å². The predicted molar refractivity (Wildman–Crippen MR) is 113 cm³/mol. The second-order valence-corrected chi connectivity index (χ2v) is 9.62. The first-order valence-corrected chi connectivity index (χ1v) is 10.8. The minimum absolute atomic E-state index is 0.0321. The van der Waals surface area contributed by atoms with E-state index in [0.717, 1.165) is 15.4 Å². The largest absolute Gasteiger partial charge is 0.325 e. The van der Waals surface area contributed by atoms with Gasteiger partial charge in [-0.05, 0) is 48.2 Å². The molecule has 0 aliphatic heterocycles. The highest BCUT2D eigenvalue weighted by atomic mass is 32.2. The van der Waals surface area contributed by atoms with Crippen molar-refractivity contribution in [1.82, 2.24) is 9.62 Å². The molecule has 0 saturated carbocycles. The minimum atomic E-state index is -3.59. The number of hydrogen-bond acceptors (Lipinski definition) is 4. The van der Waals surface area contributed by atoms with Crippen LogP contribution in [0.3, 0.4) is 0 Å². The van der Waals surface area contributed by atoms with Crippen molar-refractivity contribution in [2.75, 3.05) is 26.0 Å². The third kappa shape index (κ3) is 5.85. The Kier molecular flexibility index (Phi) is 7.51. The van der Waals surface area contributed by atoms with Crippen LogP contribution in [0.15, 0.2) is 47.4 Å². The van der Waals surface area contributed by atoms with Crippen molar-refractivity contribution in [3.63, 3.8) is 0 Å². The van der Waals surface area contributed by atoms with Crippen molar-refractivity contribution in [2.24, 2.45) is 5.92 Å². The molecule has 0 radical (unpaired) electrons. The SMILES string of the molecule is Cc1ccc(S(=O)(=O)N(C)C)cc1NC(=O)CN[C@@H](c1ccc(F)cc1)C(C)C. The maximum Gasteiger partial charge on any atom is 0.242 e. The summed E-state index contributed by atoms with van der Waals surface area (Å²) in [6, 6.07) is 10.7. The van der Waals surface area contributed by atoms with Gasteiger partial charge in [-0.3, -0.25) is 4.79 Å². The maximum absolute atomic E-state index is 13.2. The number of rotatable bonds is 8. The van der Waals surface area contributed by atoms with Crippen LogP contribution in [0, 0.1) is 18.7 Å². The molecule has 0 aliphatic rings. The molecular weight excluding hydrogens is 393 g/mol. The van der Waals surface area contributed by atoms with Crippen molar-refractivity contribution in [1.29, 1.82) is 0 Å². The Morgan fingerprint density at radius 3 is 2.28 bits per heavy atom. The van der Waals surface area contributed by atoms with Crippen LogP contribution >= 0.6 is 0 Å². The molecule has 1 amide bonds. The van der Waals surface area contributed by atoms with Gasteiger partial charge in [-0.25, -0.2) is 17.1 Å². The van der Waals surface area contributed by atoms with Crippen molar-refractivity contribution in [3.8, 4) is 0 Å². The third-order valence-corrected chi connectivity index (χ3v) is 6.45. The fourth-order valence-corrected chi connectivity index (χ4v) is 3.84. The van der Waals surface area contributed by atoms with E-state index in [0.29, 0.717) is 5.69 Å². The number of carbonyl (C=O) groups excluding carboxylic acids is 1. The molecule has 0 bridgehead atoms. The summed E-state index contributed by atoms with van der Waals surface area (Å²) >= 11 is 0. The molecule has 8 heteroatoms. The number of anilines is 1. The van der Waals surface area contributed by atoms with Crippen LogP contribution in [0.5, 0.6) is 0 Å². The van der Waals surface area contributed by atoms with E-state index < -0.39 is 10.0 Å². The number of sulfonamides is 1. The van der Waals surface area contributed by atoms with Gasteiger partial charge in [0.15, 0.2) is 0 Å². The van der Waals surface area contributed by atoms with E-state index in [1.807, 2.05) is 13.8 Å². The average Bonchev–Trinajstić information content (AvgIpc) is 2.64. The Morgan fingerprint density at radius 1 is 1.10 bits per heavy atom. The molecule has 2 aromatic carbocycles. The Labute approximate surface area is 172 Å². The first-order valence-electron chi connectivity index (χ1n) is 9.34. The molecule has 6 nitrogen and oxygen atoms in total. The summed E-state index contributed by atoms with van der Waals surface area (Å²) in [7, 11) is -0.678. The number of nitrogens with one attached hydrogen (secondary N) is 2. The van der Waals surface area contributed by atoms with Crippen molar-refractivity contribution in [3.05, 3.63) is 59.4 Å². The summed E-state index contributed by atoms with van der Waals surface area (Å²) < 4.78 is 39.0. The number of benzene rings is 2. The predicted octanol–water partition coefficient (Wildman–Crippen LogP) is 3.31. The highest BCUT2D eigenvalue weighted by molar-refractivity contribution is 7.89. The first-order chi connectivity index (χ1) is 13.5. The third-order valence-electron chi connectivity index (χ3n) is 4.64. The number of hydrogen-bond donors (Lipinski definition) is 2. The smallest absolute Gasteiger partial charge is 0.242 e. The average molecular weight is 422 g/mol. The lowest BCUT2D eigenvalue weighted by Crippen LogP contribution is -2.33. The monoisotopic (exact) mass is 421 g/mol. The van der Waals surface area contributed by atoms with Crippen molar-refractivity contribution < 1.29 is 17.6 Å². The molecule has 1 atom stereocenters. The number of nitrogens with zero attached hydrogens (tertiary/aromatic N) is 1. The zero-order chi connectivity index (χ0) is 21.8. The molecule has 2 N–H and O–H groups in total. The van der Waals surface area contributed by atoms with Gasteiger partial charge in [0.1, 0.15) is 5.82 Å². The molecule has 0 aromatic heterocycles. The molecule has 0 heterocycles. The first kappa shape index (κ1) is 23.0. The molecule has 29 heavy (non-hydrogen) atoms. The Balaban J connectivity index is 2.11. The van der Waals surface area contributed by atoms with Gasteiger partial charge in [0.25, 0.3) is 0 Å². The highest BCUT2D eigenvalue weighted by Crippen LogP contribution is 2.23. The normalized spacial score (nSPS) is 13.0. The van der Waals surface area contributed by atoms with Crippen LogP contribution in [0.2, 0.25) is 0 Å². The molecule has 2 rings (SSSR count). The van der Waals surface area contributed by atoms with Crippen LogP contribution in [0.1, 0.15) is 31.0 Å². The van der Waals surface area contributed by atoms with E-state index in [4.69, 9.17) is 0 Å². The number of amides is 1. The zero-order valence-electron chi connectivity index (χ0n) is 17.4. The van der Waals surface area contributed by atoms with Gasteiger partial charge >= 0.3 is 0 Å². The molecule has 0 spiro atoms. The van der Waals surface area contributed by atoms with Gasteiger partial charge in [-0.2, -0.15) is 0 Å². The minimum Gasteiger partial charge on any atom is -0.325 e. The summed E-state index contributed by atoms with van der Waals surface area (Å²) in [4.78, 5) is 12.6. The number of aryl methyl sites for hydroxylation is 1. The van der Waals surface area contributed by atoms with Crippen LogP contribution < -0.4 is 10.6 Å². The molecule has 0 unspecified atom stereocenters. The lowest BCUT2D eigenvalue weighted by molar-refractivity contribution is -0.115. The second-order valence-electron chi connectivity index (χ2n) is 7.47. The van der Waals surface area contributed by atoms with Crippen LogP contribution in [-0.2, 0) is 14.8 Å². The van der Waals surface area contributed by atoms with E-state index in [-0.39, 0.29) is 35.1 Å². The van der Waals surface area contributed by atoms with Gasteiger partial charge in [-0.15, -0.1) is 0 Å². The second kappa shape index (κ2) is 9.47. The molecule has 0 aliphatic carbocycles. The van der Waals surface area contributed by atoms with E-state index in [2.05, 4.69) is 10.6 Å². The lowest BCUT2D eigenvalue weighted by Gasteiger charge is -2.23. The summed E-state index contributed by atoms with van der Waals surface area (Å²) in [5.74, 6) is -0.416. The molecule has 2 aromatic rings. The van der Waals surface area contributed by atoms with Crippen LogP contribution in [0.4, 0.5) is 10.1 Å². The summed E-state index contributed by atoms with van der Waals surface area (Å²) in [6.07, 6.45) is 0. The molecule has 0 fully saturated rings. The molecule has 158 valence electrons. The van der Waals surface area contributed by atoms with Gasteiger partial charge < -0.3 is 10.6 Å². The zero-order valence-corrected chi connectivity index (χ0v) is 18.2. The number of carbonyl (C=O) groups is 1. The lowest BCUT2D eigenvalue weighted by atomic mass is 9.96. The Bertz CT molecular complexity index is 958. The fourth-order valence-electron chi connectivity index (χ4n) is 2.91. The highest BCUT2D eigenvalue weighted by Gasteiger charge is 2.20. The Morgan fingerprint density at radius 2 is 1.72 bits per heavy atom. The summed E-state index contributed by atoms with van der Waals surface area (Å²) in [5.41, 5.74) is 2.10. The quantitative estimate of drug-likeness (QED) is 0.686. The van der Waals surface area contributed by atoms with Crippen molar-refractivity contribution >= 4 is 21.6 Å². The van der Waals surface area contributed by atoms with Crippen molar-refractivity contribution in [2.45, 2.75) is 31.7 Å². The van der Waals surface area contributed by atoms with Crippen LogP contribution in [-0.4, -0.2) is 39.3 Å². The standard InChI is InChI=1S/C21H28FN3O3S/c1-14(2)21(16-7-9-17(22)10-8-16)23-13-20(26)24-19-12-18(11-6-15(19)3)29(27,28)25(4)5/h6-12,14,21,23H,13H2,1-5H3,(H,24,26)/t21-/m1/s1. The maximum atomic E-state index is 13.2. The molecule has 0 saturated heterocycles. The van der Waals surface area contributed by atoms with Crippen LogP contribution in [0.25, 0.3) is 0 Å². The van der Waals surface area contributed by atoms with E-state index in [1.165, 1.54) is 38.4 Å². The topological polar surface area (TPSA) is 78.5 Å².